The fourth-order valence-electron chi connectivity index (χ4n) is 3.08. The van der Waals surface area contributed by atoms with Crippen molar-refractivity contribution in [2.24, 2.45) is 0 Å². The third kappa shape index (κ3) is 5.42. The van der Waals surface area contributed by atoms with Crippen LogP contribution >= 0.6 is 0 Å². The molecule has 0 aromatic heterocycles. The zero-order valence-electron chi connectivity index (χ0n) is 13.6. The molecule has 3 heteroatoms. The molecule has 1 saturated heterocycles. The van der Waals surface area contributed by atoms with Crippen molar-refractivity contribution in [2.45, 2.75) is 44.7 Å². The number of ether oxygens (including phenoxy) is 1. The minimum Gasteiger partial charge on any atom is -0.383 e. The summed E-state index contributed by atoms with van der Waals surface area (Å²) in [5.74, 6) is 0. The van der Waals surface area contributed by atoms with E-state index in [2.05, 4.69) is 47.5 Å². The average molecular weight is 290 g/mol. The molecule has 1 atom stereocenters. The standard InChI is InChI=1S/C18H30N2O/c1-3-4-12-20-13-10-17(11-14-20)19-18(15-21-2)16-8-6-5-7-9-16/h5-9,17-19H,3-4,10-15H2,1-2H3. The van der Waals surface area contributed by atoms with Crippen LogP contribution in [0.5, 0.6) is 0 Å². The minimum atomic E-state index is 0.309. The molecule has 21 heavy (non-hydrogen) atoms. The Morgan fingerprint density at radius 3 is 2.57 bits per heavy atom. The summed E-state index contributed by atoms with van der Waals surface area (Å²) >= 11 is 0. The molecule has 0 bridgehead atoms. The largest absolute Gasteiger partial charge is 0.383 e. The highest BCUT2D eigenvalue weighted by atomic mass is 16.5. The topological polar surface area (TPSA) is 24.5 Å². The Balaban J connectivity index is 1.82. The van der Waals surface area contributed by atoms with Crippen molar-refractivity contribution in [3.8, 4) is 0 Å². The van der Waals surface area contributed by atoms with Gasteiger partial charge in [0.05, 0.1) is 12.6 Å². The first-order valence-electron chi connectivity index (χ1n) is 8.35. The molecule has 3 nitrogen and oxygen atoms in total. The number of methoxy groups -OCH3 is 1. The van der Waals surface area contributed by atoms with Gasteiger partial charge in [0.25, 0.3) is 0 Å². The maximum absolute atomic E-state index is 5.40. The summed E-state index contributed by atoms with van der Waals surface area (Å²) in [6.07, 6.45) is 5.12. The van der Waals surface area contributed by atoms with Gasteiger partial charge in [0.1, 0.15) is 0 Å². The van der Waals surface area contributed by atoms with E-state index in [1.807, 2.05) is 0 Å². The van der Waals surface area contributed by atoms with Gasteiger partial charge in [-0.1, -0.05) is 43.7 Å². The highest BCUT2D eigenvalue weighted by Gasteiger charge is 2.22. The number of rotatable bonds is 8. The molecular weight excluding hydrogens is 260 g/mol. The molecule has 1 aromatic rings. The summed E-state index contributed by atoms with van der Waals surface area (Å²) in [7, 11) is 1.78. The molecule has 1 heterocycles. The van der Waals surface area contributed by atoms with Crippen molar-refractivity contribution >= 4 is 0 Å². The Kier molecular flexibility index (Phi) is 7.20. The monoisotopic (exact) mass is 290 g/mol. The summed E-state index contributed by atoms with van der Waals surface area (Å²) in [4.78, 5) is 2.61. The van der Waals surface area contributed by atoms with Gasteiger partial charge in [-0.3, -0.25) is 0 Å². The summed E-state index contributed by atoms with van der Waals surface area (Å²) in [5, 5.41) is 3.80. The third-order valence-corrected chi connectivity index (χ3v) is 4.39. The van der Waals surface area contributed by atoms with Gasteiger partial charge in [0.15, 0.2) is 0 Å². The Morgan fingerprint density at radius 2 is 1.95 bits per heavy atom. The first-order valence-corrected chi connectivity index (χ1v) is 8.35. The molecule has 1 unspecified atom stereocenters. The number of unbranched alkanes of at least 4 members (excludes halogenated alkanes) is 1. The second-order valence-electron chi connectivity index (χ2n) is 6.05. The van der Waals surface area contributed by atoms with Crippen LogP contribution in [0.3, 0.4) is 0 Å². The van der Waals surface area contributed by atoms with Crippen LogP contribution in [0.2, 0.25) is 0 Å². The predicted molar refractivity (Wildman–Crippen MR) is 88.6 cm³/mol. The van der Waals surface area contributed by atoms with E-state index >= 15 is 0 Å². The van der Waals surface area contributed by atoms with E-state index in [1.54, 1.807) is 7.11 Å². The summed E-state index contributed by atoms with van der Waals surface area (Å²) in [5.41, 5.74) is 1.33. The normalized spacial score (nSPS) is 18.8. The van der Waals surface area contributed by atoms with Crippen molar-refractivity contribution < 1.29 is 4.74 Å². The second kappa shape index (κ2) is 9.19. The van der Waals surface area contributed by atoms with E-state index in [9.17, 15) is 0 Å². The number of hydrogen-bond donors (Lipinski definition) is 1. The number of nitrogens with zero attached hydrogens (tertiary/aromatic N) is 1. The van der Waals surface area contributed by atoms with Crippen LogP contribution in [-0.2, 0) is 4.74 Å². The Hall–Kier alpha value is -0.900. The van der Waals surface area contributed by atoms with Gasteiger partial charge in [-0.15, -0.1) is 0 Å². The van der Waals surface area contributed by atoms with Gasteiger partial charge >= 0.3 is 0 Å². The van der Waals surface area contributed by atoms with Crippen LogP contribution in [0.4, 0.5) is 0 Å². The molecule has 0 radical (unpaired) electrons. The van der Waals surface area contributed by atoms with Crippen molar-refractivity contribution in [3.05, 3.63) is 35.9 Å². The number of hydrogen-bond acceptors (Lipinski definition) is 3. The second-order valence-corrected chi connectivity index (χ2v) is 6.05. The lowest BCUT2D eigenvalue weighted by molar-refractivity contribution is 0.141. The Labute approximate surface area is 129 Å². The number of likely N-dealkylation sites (tertiary alicyclic amines) is 1. The smallest absolute Gasteiger partial charge is 0.0657 e. The molecule has 0 saturated carbocycles. The van der Waals surface area contributed by atoms with Gasteiger partial charge in [0, 0.05) is 13.2 Å². The maximum Gasteiger partial charge on any atom is 0.0657 e. The van der Waals surface area contributed by atoms with E-state index in [-0.39, 0.29) is 0 Å². The lowest BCUT2D eigenvalue weighted by atomic mass is 10.0. The van der Waals surface area contributed by atoms with Gasteiger partial charge in [-0.25, -0.2) is 0 Å². The zero-order valence-corrected chi connectivity index (χ0v) is 13.6. The SMILES string of the molecule is CCCCN1CCC(NC(COC)c2ccccc2)CC1. The zero-order chi connectivity index (χ0) is 14.9. The van der Waals surface area contributed by atoms with Gasteiger partial charge in [-0.05, 0) is 44.5 Å². The Bertz CT molecular complexity index is 374. The van der Waals surface area contributed by atoms with E-state index in [1.165, 1.54) is 50.9 Å². The van der Waals surface area contributed by atoms with Crippen molar-refractivity contribution in [3.63, 3.8) is 0 Å². The number of benzene rings is 1. The van der Waals surface area contributed by atoms with Gasteiger partial charge < -0.3 is 15.0 Å². The predicted octanol–water partition coefficient (Wildman–Crippen LogP) is 3.23. The summed E-state index contributed by atoms with van der Waals surface area (Å²) < 4.78 is 5.40. The van der Waals surface area contributed by atoms with Crippen LogP contribution in [0.15, 0.2) is 30.3 Å². The van der Waals surface area contributed by atoms with E-state index < -0.39 is 0 Å². The molecule has 0 amide bonds. The molecule has 1 aliphatic heterocycles. The number of nitrogens with one attached hydrogen (secondary N) is 1. The van der Waals surface area contributed by atoms with Crippen LogP contribution in [-0.4, -0.2) is 44.3 Å². The maximum atomic E-state index is 5.40. The van der Waals surface area contributed by atoms with E-state index in [0.29, 0.717) is 12.1 Å². The molecular formula is C18H30N2O. The first-order chi connectivity index (χ1) is 10.3. The molecule has 1 fully saturated rings. The van der Waals surface area contributed by atoms with Gasteiger partial charge in [0.2, 0.25) is 0 Å². The van der Waals surface area contributed by atoms with E-state index in [0.717, 1.165) is 6.61 Å². The van der Waals surface area contributed by atoms with Crippen molar-refractivity contribution in [1.82, 2.24) is 10.2 Å². The van der Waals surface area contributed by atoms with Crippen LogP contribution < -0.4 is 5.32 Å². The molecule has 0 spiro atoms. The lowest BCUT2D eigenvalue weighted by Crippen LogP contribution is -2.44. The highest BCUT2D eigenvalue weighted by Crippen LogP contribution is 2.18. The van der Waals surface area contributed by atoms with Crippen LogP contribution in [0.25, 0.3) is 0 Å². The van der Waals surface area contributed by atoms with Crippen LogP contribution in [0.1, 0.15) is 44.2 Å². The van der Waals surface area contributed by atoms with E-state index in [4.69, 9.17) is 4.74 Å². The fourth-order valence-corrected chi connectivity index (χ4v) is 3.08. The fraction of sp³-hybridized carbons (Fsp3) is 0.667. The minimum absolute atomic E-state index is 0.309. The molecule has 0 aliphatic carbocycles. The third-order valence-electron chi connectivity index (χ3n) is 4.39. The highest BCUT2D eigenvalue weighted by molar-refractivity contribution is 5.19. The van der Waals surface area contributed by atoms with Crippen molar-refractivity contribution in [2.75, 3.05) is 33.4 Å². The average Bonchev–Trinajstić information content (AvgIpc) is 2.54. The molecule has 1 N–H and O–H groups in total. The quantitative estimate of drug-likeness (QED) is 0.795. The summed E-state index contributed by atoms with van der Waals surface area (Å²) in [6.45, 7) is 6.73. The molecule has 2 rings (SSSR count). The molecule has 118 valence electrons. The Morgan fingerprint density at radius 1 is 1.24 bits per heavy atom. The lowest BCUT2D eigenvalue weighted by Gasteiger charge is -2.34. The van der Waals surface area contributed by atoms with Crippen LogP contribution in [0, 0.1) is 0 Å². The number of piperidine rings is 1. The molecule has 1 aromatic carbocycles. The summed E-state index contributed by atoms with van der Waals surface area (Å²) in [6, 6.07) is 11.6. The van der Waals surface area contributed by atoms with Crippen molar-refractivity contribution in [1.29, 1.82) is 0 Å². The molecule has 1 aliphatic rings. The van der Waals surface area contributed by atoms with Gasteiger partial charge in [-0.2, -0.15) is 0 Å². The first kappa shape index (κ1) is 16.5.